The van der Waals surface area contributed by atoms with Gasteiger partial charge in [-0.3, -0.25) is 9.00 Å². The molecular weight excluding hydrogens is 236 g/mol. The van der Waals surface area contributed by atoms with Crippen molar-refractivity contribution in [2.24, 2.45) is 5.41 Å². The van der Waals surface area contributed by atoms with Crippen LogP contribution in [0.1, 0.15) is 33.1 Å². The van der Waals surface area contributed by atoms with Gasteiger partial charge in [-0.05, 0) is 32.4 Å². The SMILES string of the molecule is CC(CCNC(=O)C1(C)CCNCC1)S(C)=O. The van der Waals surface area contributed by atoms with Crippen molar-refractivity contribution in [2.45, 2.75) is 38.4 Å². The molecule has 1 aliphatic heterocycles. The first-order chi connectivity index (χ1) is 7.96. The third-order valence-electron chi connectivity index (χ3n) is 3.66. The minimum Gasteiger partial charge on any atom is -0.356 e. The molecule has 0 radical (unpaired) electrons. The van der Waals surface area contributed by atoms with Gasteiger partial charge in [-0.2, -0.15) is 0 Å². The van der Waals surface area contributed by atoms with Crippen LogP contribution in [0.3, 0.4) is 0 Å². The Morgan fingerprint density at radius 3 is 2.59 bits per heavy atom. The zero-order valence-corrected chi connectivity index (χ0v) is 11.9. The summed E-state index contributed by atoms with van der Waals surface area (Å²) >= 11 is 0. The first kappa shape index (κ1) is 14.6. The first-order valence-corrected chi connectivity index (χ1v) is 7.89. The predicted octanol–water partition coefficient (Wildman–Crippen LogP) is 0.649. The maximum atomic E-state index is 12.1. The minimum absolute atomic E-state index is 0.146. The van der Waals surface area contributed by atoms with Crippen molar-refractivity contribution in [3.8, 4) is 0 Å². The van der Waals surface area contributed by atoms with Crippen molar-refractivity contribution in [1.29, 1.82) is 0 Å². The summed E-state index contributed by atoms with van der Waals surface area (Å²) in [4.78, 5) is 12.1. The number of rotatable bonds is 5. The molecule has 0 aromatic heterocycles. The van der Waals surface area contributed by atoms with E-state index in [0.29, 0.717) is 6.54 Å². The molecule has 2 atom stereocenters. The van der Waals surface area contributed by atoms with E-state index in [0.717, 1.165) is 32.4 Å². The quantitative estimate of drug-likeness (QED) is 0.763. The zero-order chi connectivity index (χ0) is 12.9. The molecule has 0 saturated carbocycles. The summed E-state index contributed by atoms with van der Waals surface area (Å²) in [6, 6.07) is 0. The lowest BCUT2D eigenvalue weighted by Crippen LogP contribution is -2.46. The topological polar surface area (TPSA) is 58.2 Å². The van der Waals surface area contributed by atoms with Gasteiger partial charge in [0.15, 0.2) is 0 Å². The summed E-state index contributed by atoms with van der Waals surface area (Å²) in [5.41, 5.74) is -0.222. The van der Waals surface area contributed by atoms with Gasteiger partial charge >= 0.3 is 0 Å². The van der Waals surface area contributed by atoms with E-state index in [1.165, 1.54) is 0 Å². The average Bonchev–Trinajstić information content (AvgIpc) is 2.29. The highest BCUT2D eigenvalue weighted by Gasteiger charge is 2.34. The highest BCUT2D eigenvalue weighted by molar-refractivity contribution is 7.84. The summed E-state index contributed by atoms with van der Waals surface area (Å²) in [6.07, 6.45) is 4.28. The normalized spacial score (nSPS) is 22.8. The standard InChI is InChI=1S/C12H24N2O2S/c1-10(17(3)16)4-7-14-11(15)12(2)5-8-13-9-6-12/h10,13H,4-9H2,1-3H3,(H,14,15). The summed E-state index contributed by atoms with van der Waals surface area (Å²) in [5, 5.41) is 6.39. The van der Waals surface area contributed by atoms with Gasteiger partial charge in [0.25, 0.3) is 0 Å². The van der Waals surface area contributed by atoms with Crippen LogP contribution in [-0.2, 0) is 15.6 Å². The van der Waals surface area contributed by atoms with E-state index >= 15 is 0 Å². The fourth-order valence-corrected chi connectivity index (χ4v) is 2.42. The van der Waals surface area contributed by atoms with Gasteiger partial charge < -0.3 is 10.6 Å². The van der Waals surface area contributed by atoms with E-state index in [-0.39, 0.29) is 16.6 Å². The third-order valence-corrected chi connectivity index (χ3v) is 5.03. The van der Waals surface area contributed by atoms with E-state index in [2.05, 4.69) is 10.6 Å². The maximum absolute atomic E-state index is 12.1. The highest BCUT2D eigenvalue weighted by atomic mass is 32.2. The van der Waals surface area contributed by atoms with Crippen molar-refractivity contribution < 1.29 is 9.00 Å². The molecule has 5 heteroatoms. The van der Waals surface area contributed by atoms with Crippen LogP contribution in [0.4, 0.5) is 0 Å². The summed E-state index contributed by atoms with van der Waals surface area (Å²) < 4.78 is 11.2. The Bertz CT molecular complexity index is 288. The predicted molar refractivity (Wildman–Crippen MR) is 71.4 cm³/mol. The molecule has 1 amide bonds. The smallest absolute Gasteiger partial charge is 0.226 e. The molecule has 0 aliphatic carbocycles. The Balaban J connectivity index is 2.31. The number of carbonyl (C=O) groups excluding carboxylic acids is 1. The Kier molecular flexibility index (Phi) is 5.59. The largest absolute Gasteiger partial charge is 0.356 e. The van der Waals surface area contributed by atoms with Crippen molar-refractivity contribution >= 4 is 16.7 Å². The lowest BCUT2D eigenvalue weighted by Gasteiger charge is -2.32. The fraction of sp³-hybridized carbons (Fsp3) is 0.917. The molecule has 17 heavy (non-hydrogen) atoms. The molecule has 0 spiro atoms. The average molecular weight is 260 g/mol. The number of hydrogen-bond donors (Lipinski definition) is 2. The molecule has 0 bridgehead atoms. The number of amides is 1. The minimum atomic E-state index is -0.801. The van der Waals surface area contributed by atoms with Crippen LogP contribution >= 0.6 is 0 Å². The lowest BCUT2D eigenvalue weighted by molar-refractivity contribution is -0.131. The van der Waals surface area contributed by atoms with Crippen LogP contribution in [-0.4, -0.2) is 41.3 Å². The summed E-state index contributed by atoms with van der Waals surface area (Å²) in [7, 11) is -0.801. The molecule has 0 aromatic carbocycles. The molecule has 4 nitrogen and oxygen atoms in total. The first-order valence-electron chi connectivity index (χ1n) is 6.27. The van der Waals surface area contributed by atoms with Crippen LogP contribution in [0.15, 0.2) is 0 Å². The molecule has 1 heterocycles. The maximum Gasteiger partial charge on any atom is 0.226 e. The summed E-state index contributed by atoms with van der Waals surface area (Å²) in [5.74, 6) is 0.146. The monoisotopic (exact) mass is 260 g/mol. The molecule has 100 valence electrons. The van der Waals surface area contributed by atoms with Gasteiger partial charge in [0, 0.05) is 34.3 Å². The van der Waals surface area contributed by atoms with Gasteiger partial charge in [-0.15, -0.1) is 0 Å². The van der Waals surface area contributed by atoms with Crippen molar-refractivity contribution in [1.82, 2.24) is 10.6 Å². The van der Waals surface area contributed by atoms with Crippen LogP contribution in [0.25, 0.3) is 0 Å². The van der Waals surface area contributed by atoms with E-state index in [4.69, 9.17) is 0 Å². The van der Waals surface area contributed by atoms with Crippen molar-refractivity contribution in [3.05, 3.63) is 0 Å². The molecule has 0 aromatic rings. The van der Waals surface area contributed by atoms with Crippen LogP contribution in [0.5, 0.6) is 0 Å². The van der Waals surface area contributed by atoms with Crippen LogP contribution in [0.2, 0.25) is 0 Å². The van der Waals surface area contributed by atoms with Crippen molar-refractivity contribution in [3.63, 3.8) is 0 Å². The van der Waals surface area contributed by atoms with Gasteiger partial charge in [0.05, 0.1) is 0 Å². The second-order valence-corrected chi connectivity index (χ2v) is 6.97. The number of piperidine rings is 1. The lowest BCUT2D eigenvalue weighted by atomic mass is 9.80. The van der Waals surface area contributed by atoms with Gasteiger partial charge in [0.1, 0.15) is 0 Å². The van der Waals surface area contributed by atoms with Gasteiger partial charge in [-0.25, -0.2) is 0 Å². The number of nitrogens with one attached hydrogen (secondary N) is 2. The fourth-order valence-electron chi connectivity index (χ4n) is 1.97. The molecule has 1 aliphatic rings. The zero-order valence-electron chi connectivity index (χ0n) is 11.0. The Labute approximate surface area is 106 Å². The molecule has 2 N–H and O–H groups in total. The van der Waals surface area contributed by atoms with E-state index in [9.17, 15) is 9.00 Å². The molecule has 1 saturated heterocycles. The van der Waals surface area contributed by atoms with Crippen LogP contribution < -0.4 is 10.6 Å². The molecule has 1 fully saturated rings. The Hall–Kier alpha value is -0.420. The van der Waals surface area contributed by atoms with Gasteiger partial charge in [-0.1, -0.05) is 13.8 Å². The van der Waals surface area contributed by atoms with Gasteiger partial charge in [0.2, 0.25) is 5.91 Å². The van der Waals surface area contributed by atoms with E-state index < -0.39 is 10.8 Å². The highest BCUT2D eigenvalue weighted by Crippen LogP contribution is 2.27. The Morgan fingerprint density at radius 1 is 1.47 bits per heavy atom. The number of carbonyl (C=O) groups is 1. The summed E-state index contributed by atoms with van der Waals surface area (Å²) in [6.45, 7) is 6.44. The van der Waals surface area contributed by atoms with E-state index in [1.54, 1.807) is 6.26 Å². The van der Waals surface area contributed by atoms with Crippen molar-refractivity contribution in [2.75, 3.05) is 25.9 Å². The molecule has 1 rings (SSSR count). The second kappa shape index (κ2) is 6.50. The number of hydrogen-bond acceptors (Lipinski definition) is 3. The Morgan fingerprint density at radius 2 is 2.06 bits per heavy atom. The molecular formula is C12H24N2O2S. The second-order valence-electron chi connectivity index (χ2n) is 5.16. The molecule has 2 unspecified atom stereocenters. The van der Waals surface area contributed by atoms with Crippen LogP contribution in [0, 0.1) is 5.41 Å². The third kappa shape index (κ3) is 4.39. The van der Waals surface area contributed by atoms with E-state index in [1.807, 2.05) is 13.8 Å².